The van der Waals surface area contributed by atoms with Gasteiger partial charge in [0.2, 0.25) is 5.82 Å². The lowest BCUT2D eigenvalue weighted by Crippen LogP contribution is -2.25. The molecule has 1 aromatic heterocycles. The number of carbonyl (C=O) groups is 1. The smallest absolute Gasteiger partial charge is 0.325 e. The Kier molecular flexibility index (Phi) is 3.65. The summed E-state index contributed by atoms with van der Waals surface area (Å²) in [5.74, 6) is 0.0378. The lowest BCUT2D eigenvalue weighted by Gasteiger charge is -2.04. The van der Waals surface area contributed by atoms with Gasteiger partial charge in [-0.3, -0.25) is 4.79 Å². The van der Waals surface area contributed by atoms with Crippen LogP contribution in [-0.4, -0.2) is 34.4 Å². The van der Waals surface area contributed by atoms with Gasteiger partial charge in [-0.25, -0.2) is 0 Å². The molecule has 0 saturated carbocycles. The van der Waals surface area contributed by atoms with E-state index in [1.807, 2.05) is 0 Å². The fourth-order valence-electron chi connectivity index (χ4n) is 1.41. The number of anilines is 1. The minimum Gasteiger partial charge on any atom is -0.497 e. The van der Waals surface area contributed by atoms with E-state index in [4.69, 9.17) is 14.4 Å². The maximum Gasteiger partial charge on any atom is 0.325 e. The van der Waals surface area contributed by atoms with Crippen molar-refractivity contribution >= 4 is 12.0 Å². The standard InChI is InChI=1S/C12H13N3O4/c1-7(11(16)17)13-12-14-10(15-19-12)8-4-3-5-9(6-8)18-2/h3-7H,1-2H3,(H,16,17)(H,13,14,15)/t7-/m0/s1. The minimum absolute atomic E-state index is 0.0627. The highest BCUT2D eigenvalue weighted by molar-refractivity contribution is 5.75. The molecule has 0 unspecified atom stereocenters. The summed E-state index contributed by atoms with van der Waals surface area (Å²) in [6, 6.07) is 6.42. The summed E-state index contributed by atoms with van der Waals surface area (Å²) in [5, 5.41) is 15.1. The Morgan fingerprint density at radius 1 is 1.53 bits per heavy atom. The Bertz CT molecular complexity index is 582. The first kappa shape index (κ1) is 12.9. The molecule has 2 aromatic rings. The minimum atomic E-state index is -0.999. The molecule has 1 atom stereocenters. The molecule has 0 amide bonds. The van der Waals surface area contributed by atoms with E-state index < -0.39 is 12.0 Å². The number of carboxylic acids is 1. The highest BCUT2D eigenvalue weighted by Gasteiger charge is 2.15. The van der Waals surface area contributed by atoms with E-state index in [-0.39, 0.29) is 6.01 Å². The van der Waals surface area contributed by atoms with Gasteiger partial charge in [0.25, 0.3) is 0 Å². The highest BCUT2D eigenvalue weighted by atomic mass is 16.5. The Morgan fingerprint density at radius 3 is 3.00 bits per heavy atom. The summed E-state index contributed by atoms with van der Waals surface area (Å²) in [7, 11) is 1.57. The molecule has 0 spiro atoms. The van der Waals surface area contributed by atoms with E-state index in [1.54, 1.807) is 31.4 Å². The van der Waals surface area contributed by atoms with E-state index in [1.165, 1.54) is 6.92 Å². The van der Waals surface area contributed by atoms with Gasteiger partial charge in [0.15, 0.2) is 0 Å². The van der Waals surface area contributed by atoms with Crippen LogP contribution < -0.4 is 10.1 Å². The van der Waals surface area contributed by atoms with Gasteiger partial charge in [-0.05, 0) is 19.1 Å². The first-order valence-electron chi connectivity index (χ1n) is 5.57. The molecule has 0 aliphatic heterocycles. The molecule has 2 rings (SSSR count). The van der Waals surface area contributed by atoms with Crippen molar-refractivity contribution in [1.82, 2.24) is 10.1 Å². The normalized spacial score (nSPS) is 11.9. The van der Waals surface area contributed by atoms with Gasteiger partial charge in [-0.1, -0.05) is 17.3 Å². The zero-order valence-corrected chi connectivity index (χ0v) is 10.5. The predicted octanol–water partition coefficient (Wildman–Crippen LogP) is 1.63. The molecule has 0 fully saturated rings. The number of carboxylic acid groups (broad SMARTS) is 1. The molecule has 0 radical (unpaired) electrons. The van der Waals surface area contributed by atoms with Crippen molar-refractivity contribution in [2.45, 2.75) is 13.0 Å². The van der Waals surface area contributed by atoms with Gasteiger partial charge in [-0.2, -0.15) is 4.98 Å². The molecule has 7 heteroatoms. The average Bonchev–Trinajstić information content (AvgIpc) is 2.87. The van der Waals surface area contributed by atoms with Gasteiger partial charge in [-0.15, -0.1) is 0 Å². The number of rotatable bonds is 5. The first-order valence-corrected chi connectivity index (χ1v) is 5.57. The molecule has 0 aliphatic rings. The fourth-order valence-corrected chi connectivity index (χ4v) is 1.41. The van der Waals surface area contributed by atoms with Crippen LogP contribution in [0.5, 0.6) is 5.75 Å². The second-order valence-corrected chi connectivity index (χ2v) is 3.86. The van der Waals surface area contributed by atoms with Crippen molar-refractivity contribution < 1.29 is 19.2 Å². The highest BCUT2D eigenvalue weighted by Crippen LogP contribution is 2.22. The molecule has 0 saturated heterocycles. The van der Waals surface area contributed by atoms with E-state index in [0.29, 0.717) is 11.6 Å². The number of ether oxygens (including phenoxy) is 1. The zero-order valence-electron chi connectivity index (χ0n) is 10.5. The molecule has 0 bridgehead atoms. The quantitative estimate of drug-likeness (QED) is 0.845. The van der Waals surface area contributed by atoms with Crippen LogP contribution in [0, 0.1) is 0 Å². The zero-order chi connectivity index (χ0) is 13.8. The first-order chi connectivity index (χ1) is 9.10. The number of nitrogens with zero attached hydrogens (tertiary/aromatic N) is 2. The lowest BCUT2D eigenvalue weighted by molar-refractivity contribution is -0.137. The molecule has 100 valence electrons. The molecule has 1 heterocycles. The van der Waals surface area contributed by atoms with Crippen LogP contribution >= 0.6 is 0 Å². The van der Waals surface area contributed by atoms with E-state index >= 15 is 0 Å². The van der Waals surface area contributed by atoms with E-state index in [2.05, 4.69) is 15.5 Å². The molecular formula is C12H13N3O4. The third-order valence-electron chi connectivity index (χ3n) is 2.46. The summed E-state index contributed by atoms with van der Waals surface area (Å²) < 4.78 is 10.0. The fraction of sp³-hybridized carbons (Fsp3) is 0.250. The summed E-state index contributed by atoms with van der Waals surface area (Å²) in [6.45, 7) is 1.48. The summed E-state index contributed by atoms with van der Waals surface area (Å²) in [5.41, 5.74) is 0.721. The van der Waals surface area contributed by atoms with Gasteiger partial charge < -0.3 is 19.7 Å². The number of hydrogen-bond donors (Lipinski definition) is 2. The molecule has 2 N–H and O–H groups in total. The predicted molar refractivity (Wildman–Crippen MR) is 67.0 cm³/mol. The molecule has 7 nitrogen and oxygen atoms in total. The second kappa shape index (κ2) is 5.38. The van der Waals surface area contributed by atoms with E-state index in [0.717, 1.165) is 5.56 Å². The monoisotopic (exact) mass is 263 g/mol. The maximum absolute atomic E-state index is 10.7. The maximum atomic E-state index is 10.7. The lowest BCUT2D eigenvalue weighted by atomic mass is 10.2. The number of benzene rings is 1. The third-order valence-corrected chi connectivity index (χ3v) is 2.46. The van der Waals surface area contributed by atoms with Crippen molar-refractivity contribution in [3.05, 3.63) is 24.3 Å². The van der Waals surface area contributed by atoms with Crippen molar-refractivity contribution in [2.24, 2.45) is 0 Å². The second-order valence-electron chi connectivity index (χ2n) is 3.86. The average molecular weight is 263 g/mol. The topological polar surface area (TPSA) is 97.5 Å². The number of methoxy groups -OCH3 is 1. The number of nitrogens with one attached hydrogen (secondary N) is 1. The van der Waals surface area contributed by atoms with Crippen LogP contribution in [-0.2, 0) is 4.79 Å². The van der Waals surface area contributed by atoms with Crippen LogP contribution in [0.3, 0.4) is 0 Å². The van der Waals surface area contributed by atoms with Crippen LogP contribution in [0.25, 0.3) is 11.4 Å². The van der Waals surface area contributed by atoms with Crippen LogP contribution in [0.2, 0.25) is 0 Å². The third kappa shape index (κ3) is 3.01. The van der Waals surface area contributed by atoms with Crippen LogP contribution in [0.4, 0.5) is 6.01 Å². The van der Waals surface area contributed by atoms with Gasteiger partial charge in [0.1, 0.15) is 11.8 Å². The largest absolute Gasteiger partial charge is 0.497 e. The Morgan fingerprint density at radius 2 is 2.32 bits per heavy atom. The van der Waals surface area contributed by atoms with Crippen molar-refractivity contribution in [3.63, 3.8) is 0 Å². The number of aliphatic carboxylic acids is 1. The van der Waals surface area contributed by atoms with Crippen molar-refractivity contribution in [3.8, 4) is 17.1 Å². The number of hydrogen-bond acceptors (Lipinski definition) is 6. The van der Waals surface area contributed by atoms with E-state index in [9.17, 15) is 4.79 Å². The molecule has 1 aromatic carbocycles. The Labute approximate surface area is 109 Å². The summed E-state index contributed by atoms with van der Waals surface area (Å²) >= 11 is 0. The Balaban J connectivity index is 2.18. The Hall–Kier alpha value is -2.57. The van der Waals surface area contributed by atoms with Crippen molar-refractivity contribution in [2.75, 3.05) is 12.4 Å². The van der Waals surface area contributed by atoms with Gasteiger partial charge >= 0.3 is 12.0 Å². The summed E-state index contributed by atoms with van der Waals surface area (Å²) in [4.78, 5) is 14.8. The van der Waals surface area contributed by atoms with Crippen LogP contribution in [0.1, 0.15) is 6.92 Å². The van der Waals surface area contributed by atoms with Gasteiger partial charge in [0.05, 0.1) is 7.11 Å². The van der Waals surface area contributed by atoms with Gasteiger partial charge in [0, 0.05) is 5.56 Å². The number of aromatic nitrogens is 2. The SMILES string of the molecule is COc1cccc(-c2noc(N[C@@H](C)C(=O)O)n2)c1. The molecule has 19 heavy (non-hydrogen) atoms. The summed E-state index contributed by atoms with van der Waals surface area (Å²) in [6.07, 6.45) is 0. The molecule has 0 aliphatic carbocycles. The van der Waals surface area contributed by atoms with Crippen LogP contribution in [0.15, 0.2) is 28.8 Å². The molecular weight excluding hydrogens is 250 g/mol. The van der Waals surface area contributed by atoms with Crippen molar-refractivity contribution in [1.29, 1.82) is 0 Å².